The van der Waals surface area contributed by atoms with Crippen molar-refractivity contribution < 1.29 is 0 Å². The Morgan fingerprint density at radius 1 is 0.880 bits per heavy atom. The fourth-order valence-electron chi connectivity index (χ4n) is 3.67. The van der Waals surface area contributed by atoms with Gasteiger partial charge in [0.15, 0.2) is 0 Å². The summed E-state index contributed by atoms with van der Waals surface area (Å²) in [5.41, 5.74) is 7.40. The highest BCUT2D eigenvalue weighted by Gasteiger charge is 2.23. The van der Waals surface area contributed by atoms with Gasteiger partial charge in [-0.15, -0.1) is 0 Å². The quantitative estimate of drug-likeness (QED) is 0.574. The molecule has 0 bridgehead atoms. The van der Waals surface area contributed by atoms with Crippen LogP contribution in [0.5, 0.6) is 0 Å². The standard InChI is InChI=1S/C23H26BN/c1-4-14-23(3,24)22-17(2)15-21(16-25-22)20-12-10-19(11-13-20)18-8-6-5-7-9-18/h5-13,15-16H,4,14,24H2,1-3H3. The van der Waals surface area contributed by atoms with E-state index in [1.54, 1.807) is 0 Å². The molecule has 2 heteroatoms. The third kappa shape index (κ3) is 3.84. The maximum absolute atomic E-state index is 4.83. The first-order valence-corrected chi connectivity index (χ1v) is 9.14. The number of benzene rings is 2. The molecule has 0 saturated heterocycles. The summed E-state index contributed by atoms with van der Waals surface area (Å²) in [6.07, 6.45) is 4.36. The molecule has 0 saturated carbocycles. The van der Waals surface area contributed by atoms with Crippen LogP contribution in [0.2, 0.25) is 0 Å². The Balaban J connectivity index is 1.89. The van der Waals surface area contributed by atoms with Gasteiger partial charge in [-0.05, 0) is 47.0 Å². The van der Waals surface area contributed by atoms with E-state index in [0.717, 1.165) is 6.42 Å². The molecule has 0 fully saturated rings. The maximum atomic E-state index is 4.83. The summed E-state index contributed by atoms with van der Waals surface area (Å²) >= 11 is 0. The zero-order valence-corrected chi connectivity index (χ0v) is 15.7. The predicted octanol–water partition coefficient (Wildman–Crippen LogP) is 5.37. The van der Waals surface area contributed by atoms with Crippen LogP contribution in [0.25, 0.3) is 22.3 Å². The molecule has 0 N–H and O–H groups in total. The van der Waals surface area contributed by atoms with Crippen molar-refractivity contribution in [3.8, 4) is 22.3 Å². The first-order chi connectivity index (χ1) is 12.0. The second-order valence-corrected chi connectivity index (χ2v) is 7.47. The number of hydrogen-bond donors (Lipinski definition) is 0. The molecular formula is C23H26BN. The van der Waals surface area contributed by atoms with Gasteiger partial charge in [-0.2, -0.15) is 0 Å². The van der Waals surface area contributed by atoms with Crippen LogP contribution in [0.4, 0.5) is 0 Å². The van der Waals surface area contributed by atoms with E-state index in [4.69, 9.17) is 4.98 Å². The van der Waals surface area contributed by atoms with Gasteiger partial charge in [0.25, 0.3) is 0 Å². The molecule has 0 aliphatic carbocycles. The number of pyridine rings is 1. The molecule has 0 aliphatic rings. The van der Waals surface area contributed by atoms with Gasteiger partial charge < -0.3 is 0 Å². The van der Waals surface area contributed by atoms with E-state index in [1.165, 1.54) is 39.9 Å². The highest BCUT2D eigenvalue weighted by Crippen LogP contribution is 2.30. The Hall–Kier alpha value is -2.35. The predicted molar refractivity (Wildman–Crippen MR) is 111 cm³/mol. The molecule has 3 rings (SSSR count). The summed E-state index contributed by atoms with van der Waals surface area (Å²) in [6.45, 7) is 6.71. The minimum absolute atomic E-state index is 0.133. The van der Waals surface area contributed by atoms with E-state index in [1.807, 2.05) is 12.3 Å². The molecule has 1 aromatic heterocycles. The molecule has 0 aliphatic heterocycles. The van der Waals surface area contributed by atoms with E-state index < -0.39 is 0 Å². The molecule has 1 heterocycles. The van der Waals surface area contributed by atoms with Gasteiger partial charge in [0.05, 0.1) is 0 Å². The van der Waals surface area contributed by atoms with E-state index in [9.17, 15) is 0 Å². The van der Waals surface area contributed by atoms with Crippen molar-refractivity contribution in [1.29, 1.82) is 0 Å². The summed E-state index contributed by atoms with van der Waals surface area (Å²) in [7, 11) is 2.29. The molecule has 126 valence electrons. The maximum Gasteiger partial charge on any atom is 0.116 e. The number of rotatable bonds is 5. The van der Waals surface area contributed by atoms with Crippen LogP contribution in [-0.4, -0.2) is 12.8 Å². The smallest absolute Gasteiger partial charge is 0.116 e. The lowest BCUT2D eigenvalue weighted by atomic mass is 9.64. The van der Waals surface area contributed by atoms with Gasteiger partial charge in [-0.25, -0.2) is 0 Å². The van der Waals surface area contributed by atoms with Crippen LogP contribution in [0, 0.1) is 6.92 Å². The third-order valence-electron chi connectivity index (χ3n) is 4.92. The highest BCUT2D eigenvalue weighted by atomic mass is 14.7. The zero-order chi connectivity index (χ0) is 17.9. The third-order valence-corrected chi connectivity index (χ3v) is 4.92. The molecule has 2 aromatic carbocycles. The van der Waals surface area contributed by atoms with E-state index >= 15 is 0 Å². The van der Waals surface area contributed by atoms with Crippen LogP contribution in [0.15, 0.2) is 66.9 Å². The van der Waals surface area contributed by atoms with Gasteiger partial charge >= 0.3 is 0 Å². The summed E-state index contributed by atoms with van der Waals surface area (Å²) in [5.74, 6) is 0. The van der Waals surface area contributed by atoms with Crippen molar-refractivity contribution in [3.63, 3.8) is 0 Å². The van der Waals surface area contributed by atoms with Crippen LogP contribution >= 0.6 is 0 Å². The minimum Gasteiger partial charge on any atom is -0.261 e. The first kappa shape index (κ1) is 17.5. The van der Waals surface area contributed by atoms with Crippen LogP contribution in [-0.2, 0) is 5.31 Å². The van der Waals surface area contributed by atoms with Gasteiger partial charge in [-0.1, -0.05) is 74.9 Å². The van der Waals surface area contributed by atoms with Gasteiger partial charge in [0.2, 0.25) is 0 Å². The van der Waals surface area contributed by atoms with Crippen LogP contribution in [0.1, 0.15) is 37.9 Å². The average molecular weight is 327 g/mol. The fraction of sp³-hybridized carbons (Fsp3) is 0.261. The van der Waals surface area contributed by atoms with Crippen molar-refractivity contribution in [2.45, 2.75) is 38.9 Å². The number of hydrogen-bond acceptors (Lipinski definition) is 1. The monoisotopic (exact) mass is 327 g/mol. The Bertz CT molecular complexity index is 836. The van der Waals surface area contributed by atoms with E-state index in [2.05, 4.69) is 83.2 Å². The number of aryl methyl sites for hydroxylation is 1. The van der Waals surface area contributed by atoms with Crippen molar-refractivity contribution in [2.75, 3.05) is 0 Å². The van der Waals surface area contributed by atoms with Crippen molar-refractivity contribution in [2.24, 2.45) is 0 Å². The normalized spacial score (nSPS) is 13.4. The van der Waals surface area contributed by atoms with E-state index in [-0.39, 0.29) is 5.31 Å². The molecule has 3 aromatic rings. The summed E-state index contributed by atoms with van der Waals surface area (Å²) < 4.78 is 0. The lowest BCUT2D eigenvalue weighted by Crippen LogP contribution is -2.24. The Morgan fingerprint density at radius 3 is 2.00 bits per heavy atom. The molecule has 0 amide bonds. The second kappa shape index (κ2) is 7.27. The highest BCUT2D eigenvalue weighted by molar-refractivity contribution is 6.15. The van der Waals surface area contributed by atoms with Gasteiger partial charge in [-0.3, -0.25) is 4.98 Å². The van der Waals surface area contributed by atoms with E-state index in [0.29, 0.717) is 0 Å². The van der Waals surface area contributed by atoms with Gasteiger partial charge in [0.1, 0.15) is 7.85 Å². The topological polar surface area (TPSA) is 12.9 Å². The van der Waals surface area contributed by atoms with Crippen molar-refractivity contribution in [3.05, 3.63) is 78.1 Å². The number of nitrogens with zero attached hydrogens (tertiary/aromatic N) is 1. The fourth-order valence-corrected chi connectivity index (χ4v) is 3.67. The Kier molecular flexibility index (Phi) is 5.08. The van der Waals surface area contributed by atoms with Crippen LogP contribution in [0.3, 0.4) is 0 Å². The summed E-state index contributed by atoms with van der Waals surface area (Å²) in [5, 5.41) is 0.133. The minimum atomic E-state index is 0.133. The molecule has 0 spiro atoms. The van der Waals surface area contributed by atoms with Crippen molar-refractivity contribution in [1.82, 2.24) is 4.98 Å². The molecule has 1 atom stereocenters. The second-order valence-electron chi connectivity index (χ2n) is 7.47. The summed E-state index contributed by atoms with van der Waals surface area (Å²) in [4.78, 5) is 4.83. The molecule has 1 unspecified atom stereocenters. The zero-order valence-electron chi connectivity index (χ0n) is 15.7. The number of aromatic nitrogens is 1. The molecular weight excluding hydrogens is 301 g/mol. The van der Waals surface area contributed by atoms with Crippen molar-refractivity contribution >= 4 is 7.85 Å². The molecule has 25 heavy (non-hydrogen) atoms. The lowest BCUT2D eigenvalue weighted by Gasteiger charge is -2.25. The Morgan fingerprint density at radius 2 is 1.44 bits per heavy atom. The van der Waals surface area contributed by atoms with Crippen LogP contribution < -0.4 is 0 Å². The van der Waals surface area contributed by atoms with Gasteiger partial charge in [0, 0.05) is 17.5 Å². The summed E-state index contributed by atoms with van der Waals surface area (Å²) in [6, 6.07) is 21.5. The lowest BCUT2D eigenvalue weighted by molar-refractivity contribution is 0.575. The Labute approximate surface area is 152 Å². The molecule has 0 radical (unpaired) electrons. The first-order valence-electron chi connectivity index (χ1n) is 9.14. The molecule has 1 nitrogen and oxygen atoms in total. The largest absolute Gasteiger partial charge is 0.261 e. The SMILES string of the molecule is BC(C)(CCC)c1ncc(-c2ccc(-c3ccccc3)cc2)cc1C. The average Bonchev–Trinajstić information content (AvgIpc) is 2.62.